The van der Waals surface area contributed by atoms with Gasteiger partial charge in [-0.15, -0.1) is 24.0 Å². The molecule has 0 spiro atoms. The molecule has 19 heavy (non-hydrogen) atoms. The van der Waals surface area contributed by atoms with Crippen molar-refractivity contribution in [2.24, 2.45) is 16.6 Å². The first-order valence-electron chi connectivity index (χ1n) is 6.30. The average molecular weight is 376 g/mol. The van der Waals surface area contributed by atoms with Crippen LogP contribution in [0.4, 0.5) is 0 Å². The summed E-state index contributed by atoms with van der Waals surface area (Å²) in [4.78, 5) is 8.40. The Morgan fingerprint density at radius 1 is 1.53 bits per heavy atom. The van der Waals surface area contributed by atoms with E-state index in [1.165, 1.54) is 19.3 Å². The van der Waals surface area contributed by atoms with Gasteiger partial charge < -0.3 is 15.8 Å². The van der Waals surface area contributed by atoms with Crippen LogP contribution in [0.5, 0.6) is 5.88 Å². The Hall–Kier alpha value is -1.05. The van der Waals surface area contributed by atoms with Gasteiger partial charge in [-0.05, 0) is 24.3 Å². The maximum absolute atomic E-state index is 5.80. The molecule has 106 valence electrons. The van der Waals surface area contributed by atoms with E-state index in [2.05, 4.69) is 15.3 Å². The van der Waals surface area contributed by atoms with Gasteiger partial charge in [0.15, 0.2) is 5.96 Å². The quantitative estimate of drug-likeness (QED) is 0.468. The molecule has 1 aliphatic carbocycles. The topological polar surface area (TPSA) is 72.5 Å². The van der Waals surface area contributed by atoms with Gasteiger partial charge in [-0.25, -0.2) is 9.98 Å². The first kappa shape index (κ1) is 16.0. The number of hydrogen-bond acceptors (Lipinski definition) is 3. The van der Waals surface area contributed by atoms with Gasteiger partial charge in [-0.1, -0.05) is 12.5 Å². The van der Waals surface area contributed by atoms with E-state index in [4.69, 9.17) is 10.5 Å². The van der Waals surface area contributed by atoms with Gasteiger partial charge in [0.25, 0.3) is 0 Å². The molecule has 0 aliphatic heterocycles. The van der Waals surface area contributed by atoms with Crippen LogP contribution in [0.2, 0.25) is 0 Å². The third kappa shape index (κ3) is 5.22. The zero-order chi connectivity index (χ0) is 12.8. The van der Waals surface area contributed by atoms with E-state index in [-0.39, 0.29) is 24.0 Å². The van der Waals surface area contributed by atoms with Crippen molar-refractivity contribution in [1.82, 2.24) is 10.3 Å². The number of aliphatic imine (C=N–C) groups is 1. The van der Waals surface area contributed by atoms with E-state index < -0.39 is 0 Å². The van der Waals surface area contributed by atoms with Crippen molar-refractivity contribution in [1.29, 1.82) is 0 Å². The second-order valence-electron chi connectivity index (χ2n) is 4.59. The first-order chi connectivity index (χ1) is 8.78. The number of guanidine groups is 1. The molecule has 1 heterocycles. The lowest BCUT2D eigenvalue weighted by atomic mass is 9.85. The van der Waals surface area contributed by atoms with Crippen LogP contribution in [0.1, 0.15) is 24.8 Å². The highest BCUT2D eigenvalue weighted by atomic mass is 127. The number of ether oxygens (including phenoxy) is 1. The summed E-state index contributed by atoms with van der Waals surface area (Å²) in [7, 11) is 1.60. The number of methoxy groups -OCH3 is 1. The third-order valence-electron chi connectivity index (χ3n) is 3.24. The van der Waals surface area contributed by atoms with E-state index in [0.717, 1.165) is 18.0 Å². The lowest BCUT2D eigenvalue weighted by molar-refractivity contribution is 0.315. The molecule has 5 nitrogen and oxygen atoms in total. The van der Waals surface area contributed by atoms with Gasteiger partial charge in [-0.2, -0.15) is 0 Å². The fourth-order valence-corrected chi connectivity index (χ4v) is 1.80. The van der Waals surface area contributed by atoms with Crippen molar-refractivity contribution in [2.45, 2.75) is 25.8 Å². The lowest BCUT2D eigenvalue weighted by Gasteiger charge is -2.25. The molecule has 1 aromatic heterocycles. The predicted molar refractivity (Wildman–Crippen MR) is 86.9 cm³/mol. The monoisotopic (exact) mass is 376 g/mol. The molecule has 0 aromatic carbocycles. The van der Waals surface area contributed by atoms with Crippen molar-refractivity contribution in [3.05, 3.63) is 23.9 Å². The number of nitrogens with one attached hydrogen (secondary N) is 1. The molecule has 0 unspecified atom stereocenters. The Labute approximate surface area is 131 Å². The van der Waals surface area contributed by atoms with Gasteiger partial charge in [0, 0.05) is 18.8 Å². The van der Waals surface area contributed by atoms with E-state index >= 15 is 0 Å². The van der Waals surface area contributed by atoms with Crippen LogP contribution >= 0.6 is 24.0 Å². The van der Waals surface area contributed by atoms with Gasteiger partial charge in [0.1, 0.15) is 0 Å². The van der Waals surface area contributed by atoms with Gasteiger partial charge in [0.2, 0.25) is 5.88 Å². The minimum Gasteiger partial charge on any atom is -0.481 e. The van der Waals surface area contributed by atoms with Crippen molar-refractivity contribution in [2.75, 3.05) is 13.7 Å². The Bertz CT molecular complexity index is 404. The Morgan fingerprint density at radius 2 is 2.32 bits per heavy atom. The van der Waals surface area contributed by atoms with Crippen LogP contribution in [0.3, 0.4) is 0 Å². The van der Waals surface area contributed by atoms with Crippen LogP contribution in [0.15, 0.2) is 23.3 Å². The number of halogens is 1. The van der Waals surface area contributed by atoms with Crippen LogP contribution < -0.4 is 15.8 Å². The zero-order valence-electron chi connectivity index (χ0n) is 11.1. The molecule has 2 rings (SSSR count). The first-order valence-corrected chi connectivity index (χ1v) is 6.30. The molecular weight excluding hydrogens is 355 g/mol. The molecule has 1 aromatic rings. The third-order valence-corrected chi connectivity index (χ3v) is 3.24. The molecule has 3 N–H and O–H groups in total. The number of aromatic nitrogens is 1. The highest BCUT2D eigenvalue weighted by Gasteiger charge is 2.16. The Balaban J connectivity index is 0.00000180. The van der Waals surface area contributed by atoms with Crippen LogP contribution in [-0.4, -0.2) is 24.6 Å². The highest BCUT2D eigenvalue weighted by molar-refractivity contribution is 14.0. The van der Waals surface area contributed by atoms with E-state index in [9.17, 15) is 0 Å². The summed E-state index contributed by atoms with van der Waals surface area (Å²) >= 11 is 0. The maximum Gasteiger partial charge on any atom is 0.212 e. The van der Waals surface area contributed by atoms with Gasteiger partial charge in [0.05, 0.1) is 13.7 Å². The average Bonchev–Trinajstić information content (AvgIpc) is 2.35. The zero-order valence-corrected chi connectivity index (χ0v) is 13.5. The fourth-order valence-electron chi connectivity index (χ4n) is 1.80. The number of nitrogens with zero attached hydrogens (tertiary/aromatic N) is 2. The molecule has 1 aliphatic rings. The second-order valence-corrected chi connectivity index (χ2v) is 4.59. The van der Waals surface area contributed by atoms with E-state index in [1.54, 1.807) is 13.3 Å². The van der Waals surface area contributed by atoms with Gasteiger partial charge >= 0.3 is 0 Å². The minimum absolute atomic E-state index is 0. The standard InChI is InChI=1S/C13H20N4O.HI/c1-18-12-6-5-11(8-15-12)9-17-13(14)16-7-10-3-2-4-10;/h5-6,8,10H,2-4,7,9H2,1H3,(H3,14,16,17);1H. The summed E-state index contributed by atoms with van der Waals surface area (Å²) in [6.07, 6.45) is 5.72. The molecule has 0 saturated heterocycles. The summed E-state index contributed by atoms with van der Waals surface area (Å²) < 4.78 is 4.99. The van der Waals surface area contributed by atoms with Gasteiger partial charge in [-0.3, -0.25) is 0 Å². The lowest BCUT2D eigenvalue weighted by Crippen LogP contribution is -2.37. The number of pyridine rings is 1. The molecule has 0 bridgehead atoms. The SMILES string of the molecule is COc1ccc(CN=C(N)NCC2CCC2)cn1.I. The molecule has 0 amide bonds. The molecule has 0 radical (unpaired) electrons. The summed E-state index contributed by atoms with van der Waals surface area (Å²) in [6.45, 7) is 1.48. The van der Waals surface area contributed by atoms with E-state index in [0.29, 0.717) is 18.4 Å². The highest BCUT2D eigenvalue weighted by Crippen LogP contribution is 2.24. The van der Waals surface area contributed by atoms with Crippen molar-refractivity contribution >= 4 is 29.9 Å². The Kier molecular flexibility index (Phi) is 6.90. The molecular formula is C13H21IN4O. The number of nitrogens with two attached hydrogens (primary N) is 1. The summed E-state index contributed by atoms with van der Waals surface area (Å²) in [5.41, 5.74) is 6.82. The minimum atomic E-state index is 0. The van der Waals surface area contributed by atoms with Crippen LogP contribution in [-0.2, 0) is 6.54 Å². The second kappa shape index (κ2) is 8.19. The predicted octanol–water partition coefficient (Wildman–Crippen LogP) is 1.91. The molecule has 0 atom stereocenters. The van der Waals surface area contributed by atoms with E-state index in [1.807, 2.05) is 12.1 Å². The summed E-state index contributed by atoms with van der Waals surface area (Å²) in [6, 6.07) is 3.76. The molecule has 1 fully saturated rings. The van der Waals surface area contributed by atoms with Crippen LogP contribution in [0.25, 0.3) is 0 Å². The smallest absolute Gasteiger partial charge is 0.212 e. The van der Waals surface area contributed by atoms with Crippen molar-refractivity contribution in [3.8, 4) is 5.88 Å². The molecule has 6 heteroatoms. The summed E-state index contributed by atoms with van der Waals surface area (Å²) in [5, 5.41) is 3.16. The van der Waals surface area contributed by atoms with Crippen molar-refractivity contribution < 1.29 is 4.74 Å². The van der Waals surface area contributed by atoms with Crippen molar-refractivity contribution in [3.63, 3.8) is 0 Å². The summed E-state index contributed by atoms with van der Waals surface area (Å²) in [5.74, 6) is 1.90. The largest absolute Gasteiger partial charge is 0.481 e. The number of rotatable bonds is 5. The number of hydrogen-bond donors (Lipinski definition) is 2. The normalized spacial score (nSPS) is 15.3. The maximum atomic E-state index is 5.80. The fraction of sp³-hybridized carbons (Fsp3) is 0.538. The van der Waals surface area contributed by atoms with Crippen LogP contribution in [0, 0.1) is 5.92 Å². The Morgan fingerprint density at radius 3 is 2.84 bits per heavy atom. The molecule has 1 saturated carbocycles.